The van der Waals surface area contributed by atoms with Gasteiger partial charge in [-0.05, 0) is 55.5 Å². The predicted molar refractivity (Wildman–Crippen MR) is 108 cm³/mol. The summed E-state index contributed by atoms with van der Waals surface area (Å²) in [6, 6.07) is 13.3. The molecule has 6 heteroatoms. The number of carbonyl (C=O) groups excluding carboxylic acids is 2. The topological polar surface area (TPSA) is 76.7 Å². The van der Waals surface area contributed by atoms with Crippen LogP contribution in [0.4, 0.5) is 0 Å². The predicted octanol–water partition coefficient (Wildman–Crippen LogP) is 3.42. The highest BCUT2D eigenvalue weighted by molar-refractivity contribution is 5.85. The summed E-state index contributed by atoms with van der Waals surface area (Å²) in [5, 5.41) is 0. The quantitative estimate of drug-likeness (QED) is 0.717. The largest absolute Gasteiger partial charge is 0.484 e. The number of hydrogen-bond donors (Lipinski definition) is 2. The molecule has 0 aromatic heterocycles. The van der Waals surface area contributed by atoms with Crippen LogP contribution in [-0.2, 0) is 9.59 Å². The number of nitrogens with one attached hydrogen (secondary N) is 2. The Morgan fingerprint density at radius 3 is 2.11 bits per heavy atom. The number of para-hydroxylation sites is 1. The second-order valence-electron chi connectivity index (χ2n) is 7.03. The van der Waals surface area contributed by atoms with Crippen LogP contribution in [0.5, 0.6) is 11.5 Å². The molecule has 0 aliphatic heterocycles. The molecule has 6 nitrogen and oxygen atoms in total. The van der Waals surface area contributed by atoms with Gasteiger partial charge in [-0.2, -0.15) is 0 Å². The molecule has 0 heterocycles. The van der Waals surface area contributed by atoms with Crippen molar-refractivity contribution in [1.29, 1.82) is 0 Å². The van der Waals surface area contributed by atoms with Crippen molar-refractivity contribution in [3.05, 3.63) is 59.2 Å². The molecule has 2 N–H and O–H groups in total. The van der Waals surface area contributed by atoms with Gasteiger partial charge in [-0.1, -0.05) is 44.2 Å². The van der Waals surface area contributed by atoms with Crippen molar-refractivity contribution in [2.75, 3.05) is 6.61 Å². The summed E-state index contributed by atoms with van der Waals surface area (Å²) >= 11 is 0. The second kappa shape index (κ2) is 9.78. The van der Waals surface area contributed by atoms with Crippen molar-refractivity contribution >= 4 is 11.8 Å². The van der Waals surface area contributed by atoms with E-state index in [1.165, 1.54) is 5.56 Å². The van der Waals surface area contributed by atoms with Crippen LogP contribution in [0, 0.1) is 13.8 Å². The molecule has 0 fully saturated rings. The number of carbonyl (C=O) groups is 2. The first kappa shape index (κ1) is 21.3. The van der Waals surface area contributed by atoms with E-state index in [-0.39, 0.29) is 6.61 Å². The van der Waals surface area contributed by atoms with Gasteiger partial charge in [-0.25, -0.2) is 0 Å². The molecule has 0 spiro atoms. The molecule has 0 aliphatic rings. The number of amides is 2. The normalized spacial score (nSPS) is 11.6. The molecule has 0 saturated heterocycles. The first-order chi connectivity index (χ1) is 13.3. The fraction of sp³-hybridized carbons (Fsp3) is 0.364. The third-order valence-electron chi connectivity index (χ3n) is 4.31. The number of rotatable bonds is 7. The lowest BCUT2D eigenvalue weighted by Gasteiger charge is -2.18. The van der Waals surface area contributed by atoms with E-state index in [9.17, 15) is 9.59 Å². The Labute approximate surface area is 166 Å². The highest BCUT2D eigenvalue weighted by Gasteiger charge is 2.17. The molecule has 2 rings (SSSR count). The van der Waals surface area contributed by atoms with Crippen molar-refractivity contribution in [2.24, 2.45) is 0 Å². The minimum Gasteiger partial charge on any atom is -0.484 e. The molecule has 0 unspecified atom stereocenters. The lowest BCUT2D eigenvalue weighted by atomic mass is 10.0. The van der Waals surface area contributed by atoms with Gasteiger partial charge in [-0.3, -0.25) is 20.4 Å². The molecule has 0 saturated carbocycles. The van der Waals surface area contributed by atoms with Crippen LogP contribution < -0.4 is 20.3 Å². The zero-order chi connectivity index (χ0) is 20.7. The smallest absolute Gasteiger partial charge is 0.279 e. The van der Waals surface area contributed by atoms with Crippen LogP contribution in [0.2, 0.25) is 0 Å². The van der Waals surface area contributed by atoms with Crippen LogP contribution in [0.3, 0.4) is 0 Å². The fourth-order valence-corrected chi connectivity index (χ4v) is 2.58. The molecule has 2 aromatic carbocycles. The minimum absolute atomic E-state index is 0.201. The average Bonchev–Trinajstić information content (AvgIpc) is 2.67. The number of hydrogen-bond acceptors (Lipinski definition) is 4. The van der Waals surface area contributed by atoms with Crippen LogP contribution in [-0.4, -0.2) is 24.5 Å². The van der Waals surface area contributed by atoms with Crippen molar-refractivity contribution in [3.8, 4) is 11.5 Å². The SMILES string of the molecule is Cc1cccc(C)c1O[C@@H](C)C(=O)NNC(=O)COc1ccc(C(C)C)cc1. The molecule has 2 amide bonds. The van der Waals surface area contributed by atoms with E-state index in [2.05, 4.69) is 24.7 Å². The van der Waals surface area contributed by atoms with E-state index in [4.69, 9.17) is 9.47 Å². The molecular weight excluding hydrogens is 356 g/mol. The standard InChI is InChI=1S/C22H28N2O4/c1-14(2)18-9-11-19(12-10-18)27-13-20(25)23-24-22(26)17(5)28-21-15(3)7-6-8-16(21)4/h6-12,14,17H,13H2,1-5H3,(H,23,25)(H,24,26)/t17-/m0/s1. The number of aryl methyl sites for hydroxylation is 2. The monoisotopic (exact) mass is 384 g/mol. The summed E-state index contributed by atoms with van der Waals surface area (Å²) in [5.74, 6) is 0.792. The van der Waals surface area contributed by atoms with Crippen LogP contribution in [0.25, 0.3) is 0 Å². The van der Waals surface area contributed by atoms with Crippen molar-refractivity contribution < 1.29 is 19.1 Å². The third-order valence-corrected chi connectivity index (χ3v) is 4.31. The first-order valence-corrected chi connectivity index (χ1v) is 9.32. The van der Waals surface area contributed by atoms with Gasteiger partial charge in [0.15, 0.2) is 12.7 Å². The van der Waals surface area contributed by atoms with Gasteiger partial charge in [0.25, 0.3) is 11.8 Å². The van der Waals surface area contributed by atoms with E-state index >= 15 is 0 Å². The molecule has 0 aliphatic carbocycles. The Hall–Kier alpha value is -3.02. The average molecular weight is 384 g/mol. The van der Waals surface area contributed by atoms with E-state index in [0.717, 1.165) is 11.1 Å². The highest BCUT2D eigenvalue weighted by atomic mass is 16.5. The van der Waals surface area contributed by atoms with Crippen molar-refractivity contribution in [3.63, 3.8) is 0 Å². The molecule has 0 bridgehead atoms. The summed E-state index contributed by atoms with van der Waals surface area (Å²) in [6.07, 6.45) is -0.760. The Morgan fingerprint density at radius 1 is 0.929 bits per heavy atom. The van der Waals surface area contributed by atoms with Gasteiger partial charge < -0.3 is 9.47 Å². The molecule has 150 valence electrons. The number of hydrazine groups is 1. The Bertz CT molecular complexity index is 796. The van der Waals surface area contributed by atoms with Gasteiger partial charge in [0.2, 0.25) is 0 Å². The van der Waals surface area contributed by atoms with Gasteiger partial charge in [-0.15, -0.1) is 0 Å². The maximum atomic E-state index is 12.2. The van der Waals surface area contributed by atoms with Gasteiger partial charge >= 0.3 is 0 Å². The summed E-state index contributed by atoms with van der Waals surface area (Å²) in [4.78, 5) is 24.1. The highest BCUT2D eigenvalue weighted by Crippen LogP contribution is 2.23. The van der Waals surface area contributed by atoms with Gasteiger partial charge in [0.1, 0.15) is 11.5 Å². The summed E-state index contributed by atoms with van der Waals surface area (Å²) in [7, 11) is 0. The Kier molecular flexibility index (Phi) is 7.44. The Balaban J connectivity index is 1.77. The van der Waals surface area contributed by atoms with E-state index < -0.39 is 17.9 Å². The third kappa shape index (κ3) is 6.01. The van der Waals surface area contributed by atoms with Crippen LogP contribution in [0.15, 0.2) is 42.5 Å². The maximum Gasteiger partial charge on any atom is 0.279 e. The van der Waals surface area contributed by atoms with E-state index in [1.54, 1.807) is 6.92 Å². The molecule has 28 heavy (non-hydrogen) atoms. The zero-order valence-electron chi connectivity index (χ0n) is 17.0. The van der Waals surface area contributed by atoms with Crippen molar-refractivity contribution in [1.82, 2.24) is 10.9 Å². The van der Waals surface area contributed by atoms with E-state index in [1.807, 2.05) is 56.3 Å². The Morgan fingerprint density at radius 2 is 1.54 bits per heavy atom. The van der Waals surface area contributed by atoms with Crippen LogP contribution >= 0.6 is 0 Å². The minimum atomic E-state index is -0.760. The zero-order valence-corrected chi connectivity index (χ0v) is 17.0. The summed E-state index contributed by atoms with van der Waals surface area (Å²) < 4.78 is 11.2. The second-order valence-corrected chi connectivity index (χ2v) is 7.03. The maximum absolute atomic E-state index is 12.2. The first-order valence-electron chi connectivity index (χ1n) is 9.32. The fourth-order valence-electron chi connectivity index (χ4n) is 2.58. The molecule has 0 radical (unpaired) electrons. The summed E-state index contributed by atoms with van der Waals surface area (Å²) in [5.41, 5.74) is 7.78. The van der Waals surface area contributed by atoms with Gasteiger partial charge in [0.05, 0.1) is 0 Å². The lowest BCUT2D eigenvalue weighted by Crippen LogP contribution is -2.48. The lowest BCUT2D eigenvalue weighted by molar-refractivity contribution is -0.133. The number of ether oxygens (including phenoxy) is 2. The summed E-state index contributed by atoms with van der Waals surface area (Å²) in [6.45, 7) is 9.47. The molecule has 2 aromatic rings. The van der Waals surface area contributed by atoms with Crippen LogP contribution in [0.1, 0.15) is 43.4 Å². The number of benzene rings is 2. The molecule has 1 atom stereocenters. The van der Waals surface area contributed by atoms with E-state index in [0.29, 0.717) is 17.4 Å². The molecular formula is C22H28N2O4. The van der Waals surface area contributed by atoms with Crippen molar-refractivity contribution in [2.45, 2.75) is 46.6 Å². The van der Waals surface area contributed by atoms with Gasteiger partial charge in [0, 0.05) is 0 Å².